The minimum Gasteiger partial charge on any atom is -0.388 e. The van der Waals surface area contributed by atoms with E-state index in [0.29, 0.717) is 71.5 Å². The Hall–Kier alpha value is -4.80. The van der Waals surface area contributed by atoms with Crippen molar-refractivity contribution >= 4 is 16.9 Å². The molecule has 7 aliphatic carbocycles. The Morgan fingerprint density at radius 2 is 1.59 bits per heavy atom. The third kappa shape index (κ3) is 6.61. The van der Waals surface area contributed by atoms with Crippen LogP contribution in [0.2, 0.25) is 0 Å². The van der Waals surface area contributed by atoms with E-state index in [1.807, 2.05) is 0 Å². The molecule has 11 aliphatic rings. The van der Waals surface area contributed by atoms with E-state index in [0.717, 1.165) is 38.5 Å². The second-order valence-corrected chi connectivity index (χ2v) is 24.5. The number of allylic oxidation sites excluding steroid dienone is 11. The Morgan fingerprint density at radius 1 is 0.794 bits per heavy atom. The molecular weight excluding hydrogens is 827 g/mol. The van der Waals surface area contributed by atoms with Crippen LogP contribution in [0.3, 0.4) is 0 Å². The molecule has 4 heteroatoms. The highest BCUT2D eigenvalue weighted by atomic mass is 16.3. The number of aliphatic hydroxyl groups is 1. The summed E-state index contributed by atoms with van der Waals surface area (Å²) in [5.74, 6) is 4.26. The maximum atomic E-state index is 12.8. The van der Waals surface area contributed by atoms with Crippen LogP contribution >= 0.6 is 0 Å². The minimum atomic E-state index is -0.442. The molecule has 2 aromatic carbocycles. The van der Waals surface area contributed by atoms with Crippen LogP contribution in [-0.4, -0.2) is 50.7 Å². The lowest BCUT2D eigenvalue weighted by molar-refractivity contribution is -0.0853. The normalized spacial score (nSPS) is 39.5. The van der Waals surface area contributed by atoms with Crippen LogP contribution in [0.5, 0.6) is 0 Å². The van der Waals surface area contributed by atoms with Crippen molar-refractivity contribution < 1.29 is 5.11 Å². The molecule has 1 N–H and O–H groups in total. The first kappa shape index (κ1) is 43.2. The van der Waals surface area contributed by atoms with Crippen LogP contribution in [0.4, 0.5) is 11.4 Å². The molecule has 0 aromatic heterocycles. The summed E-state index contributed by atoms with van der Waals surface area (Å²) < 4.78 is 0. The minimum absolute atomic E-state index is 0.0627. The van der Waals surface area contributed by atoms with E-state index < -0.39 is 6.10 Å². The Morgan fingerprint density at radius 3 is 2.40 bits per heavy atom. The van der Waals surface area contributed by atoms with E-state index in [1.165, 1.54) is 81.9 Å². The molecule has 68 heavy (non-hydrogen) atoms. The number of nitrogens with zero attached hydrogens (tertiary/aromatic N) is 3. The van der Waals surface area contributed by atoms with Crippen molar-refractivity contribution in [1.29, 1.82) is 0 Å². The summed E-state index contributed by atoms with van der Waals surface area (Å²) >= 11 is 0. The predicted octanol–water partition coefficient (Wildman–Crippen LogP) is 14.3. The standard InChI is InChI=1S/C64H75N3O/c1-39-14-13-18-51-50-17-9-12-21-58(50)66(60(39)51)47-27-22-41(23-28-47)34-42-24-31-59-53(35-42)62(68)54-38-45(63(3,4)5)37-52-40(2)55-36-44(32-33-64(55,6)67(59)61(52)54)43-25-29-46(30-26-43)65-56-19-10-7-15-48(56)49-16-8-11-20-57(49)65/h7-10,13,15-19,22,25-30,32-33,35-37,39-41,49-52,54-55,57-58,60-62,68H,11-12,14,20-21,23-24,31,34,38H2,1-6H3/t39?,40?,41?,49?,50?,51?,52-,54?,55?,57?,58?,60?,61?,62?,64?/m0/s1. The van der Waals surface area contributed by atoms with E-state index in [4.69, 9.17) is 0 Å². The van der Waals surface area contributed by atoms with Crippen LogP contribution in [-0.2, 0) is 0 Å². The van der Waals surface area contributed by atoms with Gasteiger partial charge in [0.05, 0.1) is 11.6 Å². The summed E-state index contributed by atoms with van der Waals surface area (Å²) in [6.45, 7) is 14.7. The van der Waals surface area contributed by atoms with Crippen LogP contribution in [0.15, 0.2) is 162 Å². The molecule has 2 fully saturated rings. The average Bonchev–Trinajstić information content (AvgIpc) is 3.88. The van der Waals surface area contributed by atoms with E-state index >= 15 is 0 Å². The van der Waals surface area contributed by atoms with E-state index in [9.17, 15) is 5.11 Å². The molecular formula is C64H75N3O. The highest BCUT2D eigenvalue weighted by Crippen LogP contribution is 2.60. The number of aliphatic hydroxyl groups excluding tert-OH is 1. The molecule has 15 atom stereocenters. The third-order valence-corrected chi connectivity index (χ3v) is 19.8. The van der Waals surface area contributed by atoms with Gasteiger partial charge in [0.2, 0.25) is 0 Å². The van der Waals surface area contributed by atoms with Crippen molar-refractivity contribution in [2.45, 2.75) is 147 Å². The van der Waals surface area contributed by atoms with Crippen molar-refractivity contribution in [3.05, 3.63) is 173 Å². The molecule has 14 unspecified atom stereocenters. The first-order chi connectivity index (χ1) is 33.0. The lowest BCUT2D eigenvalue weighted by Crippen LogP contribution is -2.69. The van der Waals surface area contributed by atoms with Crippen LogP contribution in [0.25, 0.3) is 5.57 Å². The van der Waals surface area contributed by atoms with Crippen molar-refractivity contribution in [3.8, 4) is 0 Å². The van der Waals surface area contributed by atoms with Crippen molar-refractivity contribution in [2.24, 2.45) is 52.8 Å². The second-order valence-electron chi connectivity index (χ2n) is 24.5. The van der Waals surface area contributed by atoms with Crippen molar-refractivity contribution in [2.75, 3.05) is 4.90 Å². The van der Waals surface area contributed by atoms with E-state index in [-0.39, 0.29) is 16.9 Å². The van der Waals surface area contributed by atoms with Gasteiger partial charge in [0.15, 0.2) is 0 Å². The molecule has 0 spiro atoms. The quantitative estimate of drug-likeness (QED) is 0.303. The summed E-state index contributed by atoms with van der Waals surface area (Å²) in [4.78, 5) is 8.40. The van der Waals surface area contributed by atoms with Gasteiger partial charge in [-0.3, -0.25) is 0 Å². The summed E-state index contributed by atoms with van der Waals surface area (Å²) in [5.41, 5.74) is 13.9. The van der Waals surface area contributed by atoms with Crippen LogP contribution in [0.1, 0.15) is 123 Å². The summed E-state index contributed by atoms with van der Waals surface area (Å²) in [7, 11) is 0. The number of fused-ring (bicyclic) bond motifs is 9. The summed E-state index contributed by atoms with van der Waals surface area (Å²) in [6.07, 6.45) is 46.2. The number of likely N-dealkylation sites (tertiary alicyclic amines) is 1. The third-order valence-electron chi connectivity index (χ3n) is 19.8. The number of anilines is 2. The number of para-hydroxylation sites is 1. The Balaban J connectivity index is 0.792. The molecule has 0 radical (unpaired) electrons. The fourth-order valence-electron chi connectivity index (χ4n) is 16.5. The molecule has 13 rings (SSSR count). The van der Waals surface area contributed by atoms with Gasteiger partial charge in [0.1, 0.15) is 0 Å². The zero-order valence-corrected chi connectivity index (χ0v) is 41.6. The van der Waals surface area contributed by atoms with Gasteiger partial charge < -0.3 is 19.8 Å². The zero-order valence-electron chi connectivity index (χ0n) is 41.6. The first-order valence-electron chi connectivity index (χ1n) is 27.1. The molecule has 0 amide bonds. The van der Waals surface area contributed by atoms with Gasteiger partial charge in [-0.2, -0.15) is 0 Å². The first-order valence-corrected chi connectivity index (χ1v) is 27.1. The molecule has 0 bridgehead atoms. The van der Waals surface area contributed by atoms with E-state index in [2.05, 4.69) is 190 Å². The van der Waals surface area contributed by atoms with Crippen LogP contribution in [0, 0.1) is 52.8 Å². The predicted molar refractivity (Wildman–Crippen MR) is 281 cm³/mol. The molecule has 4 nitrogen and oxygen atoms in total. The summed E-state index contributed by atoms with van der Waals surface area (Å²) in [6, 6.07) is 20.6. The maximum absolute atomic E-state index is 12.8. The molecule has 2 saturated heterocycles. The lowest BCUT2D eigenvalue weighted by Gasteiger charge is -2.66. The second kappa shape index (κ2) is 16.1. The smallest absolute Gasteiger partial charge is 0.0857 e. The van der Waals surface area contributed by atoms with Gasteiger partial charge >= 0.3 is 0 Å². The lowest BCUT2D eigenvalue weighted by atomic mass is 9.54. The highest BCUT2D eigenvalue weighted by molar-refractivity contribution is 5.79. The number of rotatable bonds is 5. The van der Waals surface area contributed by atoms with Crippen LogP contribution < -0.4 is 4.90 Å². The van der Waals surface area contributed by atoms with Crippen molar-refractivity contribution in [3.63, 3.8) is 0 Å². The average molecular weight is 902 g/mol. The fraction of sp³-hybridized carbons (Fsp3) is 0.500. The topological polar surface area (TPSA) is 30.0 Å². The maximum Gasteiger partial charge on any atom is 0.0857 e. The summed E-state index contributed by atoms with van der Waals surface area (Å²) in [5, 5.41) is 12.8. The Kier molecular flexibility index (Phi) is 10.3. The zero-order chi connectivity index (χ0) is 46.2. The molecule has 0 saturated carbocycles. The van der Waals surface area contributed by atoms with Gasteiger partial charge in [-0.25, -0.2) is 0 Å². The van der Waals surface area contributed by atoms with Crippen molar-refractivity contribution in [1.82, 2.24) is 9.80 Å². The fourth-order valence-corrected chi connectivity index (χ4v) is 16.5. The highest BCUT2D eigenvalue weighted by Gasteiger charge is 2.60. The largest absolute Gasteiger partial charge is 0.388 e. The Bertz CT molecular complexity index is 2690. The molecule has 4 aliphatic heterocycles. The van der Waals surface area contributed by atoms with Gasteiger partial charge in [0.25, 0.3) is 0 Å². The van der Waals surface area contributed by atoms with E-state index in [1.54, 1.807) is 0 Å². The van der Waals surface area contributed by atoms with Gasteiger partial charge in [-0.1, -0.05) is 155 Å². The van der Waals surface area contributed by atoms with Gasteiger partial charge in [-0.05, 0) is 141 Å². The number of benzene rings is 2. The number of piperidine rings is 1. The number of hydrogen-bond acceptors (Lipinski definition) is 4. The van der Waals surface area contributed by atoms with Gasteiger partial charge in [0, 0.05) is 82.4 Å². The van der Waals surface area contributed by atoms with Gasteiger partial charge in [-0.15, -0.1) is 0 Å². The monoisotopic (exact) mass is 902 g/mol. The Labute approximate surface area is 408 Å². The molecule has 352 valence electrons. The SMILES string of the molecule is CC1CC=CC2C3C=CCCC3N(C3=CCC(CC4=CC5=C(CC4)N4C6C(CC(C(C)(C)C)=C[C@H]6C(C)C6C=C(c7ccc(N8c9ccccc9C9C=CCCC98)cc7)C=CC64C)C5O)C=C3)C12. The number of hydrogen-bond donors (Lipinski definition) is 1. The molecule has 4 heterocycles. The molecule has 2 aromatic rings.